The number of carbonyl (C=O) groups excluding carboxylic acids is 3. The molecule has 3 aliphatic rings. The molecule has 0 bridgehead atoms. The van der Waals surface area contributed by atoms with Gasteiger partial charge >= 0.3 is 18.1 Å². The van der Waals surface area contributed by atoms with Gasteiger partial charge in [0.05, 0.1) is 24.9 Å². The molecule has 51 heavy (non-hydrogen) atoms. The van der Waals surface area contributed by atoms with Gasteiger partial charge in [0.15, 0.2) is 0 Å². The lowest BCUT2D eigenvalue weighted by Crippen LogP contribution is -2.58. The standard InChI is InChI=1S/C38H45N5O8/c1-37(2,3)51-35(47)41-43-18-12-7-5-6-11-15-25-22-38(25,34(45)46)40-33(44)31-20-27(23-42(31)36(43)48)50-32-21-29(24-13-9-8-10-14-24)39-30-19-26(49-4)16-17-28(30)32/h8-11,13-17,19,21,25,27,31H,5-7,12,18,20,22-23H2,1-4H3,(H,40,44)(H,41,47)(H,45,46)/t25?,27-,31+,38-/m1/s1. The van der Waals surface area contributed by atoms with Gasteiger partial charge in [-0.15, -0.1) is 0 Å². The normalized spacial score (nSPS) is 24.0. The highest BCUT2D eigenvalue weighted by molar-refractivity contribution is 5.95. The molecule has 2 aliphatic heterocycles. The van der Waals surface area contributed by atoms with Gasteiger partial charge in [-0.1, -0.05) is 48.9 Å². The van der Waals surface area contributed by atoms with E-state index in [0.29, 0.717) is 34.5 Å². The molecule has 3 heterocycles. The summed E-state index contributed by atoms with van der Waals surface area (Å²) < 4.78 is 17.6. The van der Waals surface area contributed by atoms with Gasteiger partial charge in [-0.3, -0.25) is 4.79 Å². The van der Waals surface area contributed by atoms with Gasteiger partial charge in [0.1, 0.15) is 34.8 Å². The number of fused-ring (bicyclic) bond motifs is 3. The summed E-state index contributed by atoms with van der Waals surface area (Å²) in [5.41, 5.74) is 2.50. The third-order valence-electron chi connectivity index (χ3n) is 9.37. The van der Waals surface area contributed by atoms with Crippen LogP contribution in [0, 0.1) is 5.92 Å². The third kappa shape index (κ3) is 8.03. The fraction of sp³-hybridized carbons (Fsp3) is 0.447. The van der Waals surface area contributed by atoms with Crippen molar-refractivity contribution >= 4 is 34.9 Å². The molecule has 0 radical (unpaired) electrons. The number of nitrogens with zero attached hydrogens (tertiary/aromatic N) is 3. The number of carbonyl (C=O) groups is 4. The number of aliphatic carboxylic acids is 1. The molecule has 13 nitrogen and oxygen atoms in total. The van der Waals surface area contributed by atoms with Crippen molar-refractivity contribution in [2.45, 2.75) is 82.6 Å². The number of aromatic nitrogens is 1. The van der Waals surface area contributed by atoms with Crippen LogP contribution in [0.3, 0.4) is 0 Å². The van der Waals surface area contributed by atoms with Crippen LogP contribution in [0.5, 0.6) is 11.5 Å². The van der Waals surface area contributed by atoms with Crippen LogP contribution in [-0.2, 0) is 14.3 Å². The highest BCUT2D eigenvalue weighted by atomic mass is 16.6. The summed E-state index contributed by atoms with van der Waals surface area (Å²) >= 11 is 0. The summed E-state index contributed by atoms with van der Waals surface area (Å²) in [5.74, 6) is -0.963. The van der Waals surface area contributed by atoms with Gasteiger partial charge in [0.25, 0.3) is 0 Å². The molecule has 3 N–H and O–H groups in total. The number of nitrogens with one attached hydrogen (secondary N) is 2. The maximum absolute atomic E-state index is 14.3. The zero-order valence-corrected chi connectivity index (χ0v) is 29.4. The Kier molecular flexibility index (Phi) is 10.1. The predicted molar refractivity (Wildman–Crippen MR) is 189 cm³/mol. The SMILES string of the molecule is COc1ccc2c(O[C@@H]3C[C@H]4C(=O)N[C@]5(C(=O)O)CC5C=CCCCCCN(NC(=O)OC(C)(C)C)C(=O)N4C3)cc(-c3ccccc3)nc2c1. The molecule has 2 aromatic carbocycles. The maximum Gasteiger partial charge on any atom is 0.426 e. The second kappa shape index (κ2) is 14.5. The lowest BCUT2D eigenvalue weighted by atomic mass is 10.1. The van der Waals surface area contributed by atoms with E-state index in [4.69, 9.17) is 19.2 Å². The summed E-state index contributed by atoms with van der Waals surface area (Å²) in [7, 11) is 1.58. The van der Waals surface area contributed by atoms with Crippen LogP contribution in [-0.4, -0.2) is 87.5 Å². The van der Waals surface area contributed by atoms with Crippen molar-refractivity contribution in [3.63, 3.8) is 0 Å². The highest BCUT2D eigenvalue weighted by Gasteiger charge is 2.61. The molecule has 4 amide bonds. The number of hydrogen-bond donors (Lipinski definition) is 3. The summed E-state index contributed by atoms with van der Waals surface area (Å²) in [6.45, 7) is 5.34. The Hall–Kier alpha value is -5.33. The molecule has 1 saturated heterocycles. The smallest absolute Gasteiger partial charge is 0.426 e. The van der Waals surface area contributed by atoms with Crippen LogP contribution in [0.1, 0.15) is 59.3 Å². The van der Waals surface area contributed by atoms with Crippen LogP contribution in [0.15, 0.2) is 66.7 Å². The van der Waals surface area contributed by atoms with E-state index >= 15 is 0 Å². The number of ether oxygens (including phenoxy) is 3. The topological polar surface area (TPSA) is 160 Å². The van der Waals surface area contributed by atoms with Crippen molar-refractivity contribution in [2.24, 2.45) is 5.92 Å². The lowest BCUT2D eigenvalue weighted by molar-refractivity contribution is -0.144. The van der Waals surface area contributed by atoms with Crippen molar-refractivity contribution in [3.8, 4) is 22.8 Å². The van der Waals surface area contributed by atoms with Gasteiger partial charge in [0, 0.05) is 42.0 Å². The summed E-state index contributed by atoms with van der Waals surface area (Å²) in [6, 6.07) is 15.2. The molecule has 1 unspecified atom stereocenters. The van der Waals surface area contributed by atoms with Gasteiger partial charge in [-0.05, 0) is 58.6 Å². The van der Waals surface area contributed by atoms with E-state index in [1.807, 2.05) is 60.7 Å². The number of methoxy groups -OCH3 is 1. The molecule has 1 saturated carbocycles. The largest absolute Gasteiger partial charge is 0.497 e. The summed E-state index contributed by atoms with van der Waals surface area (Å²) in [6.07, 6.45) is 5.55. The van der Waals surface area contributed by atoms with Crippen LogP contribution < -0.4 is 20.2 Å². The lowest BCUT2D eigenvalue weighted by Gasteiger charge is -2.32. The van der Waals surface area contributed by atoms with Crippen LogP contribution >= 0.6 is 0 Å². The first kappa shape index (κ1) is 35.5. The van der Waals surface area contributed by atoms with E-state index in [-0.39, 0.29) is 31.8 Å². The van der Waals surface area contributed by atoms with Crippen molar-refractivity contribution in [2.75, 3.05) is 20.2 Å². The quantitative estimate of drug-likeness (QED) is 0.275. The third-order valence-corrected chi connectivity index (χ3v) is 9.37. The average Bonchev–Trinajstić information content (AvgIpc) is 3.63. The molecule has 13 heteroatoms. The van der Waals surface area contributed by atoms with Gasteiger partial charge in [-0.25, -0.2) is 29.8 Å². The number of urea groups is 1. The van der Waals surface area contributed by atoms with Gasteiger partial charge < -0.3 is 29.5 Å². The number of hydrogen-bond acceptors (Lipinski definition) is 8. The first-order valence-corrected chi connectivity index (χ1v) is 17.4. The minimum atomic E-state index is -1.46. The first-order valence-electron chi connectivity index (χ1n) is 17.4. The molecule has 1 aromatic heterocycles. The van der Waals surface area contributed by atoms with Gasteiger partial charge in [0.2, 0.25) is 5.91 Å². The Morgan fingerprint density at radius 2 is 1.84 bits per heavy atom. The Balaban J connectivity index is 1.34. The molecule has 1 aliphatic carbocycles. The Labute approximate surface area is 296 Å². The summed E-state index contributed by atoms with van der Waals surface area (Å²) in [4.78, 5) is 60.0. The fourth-order valence-corrected chi connectivity index (χ4v) is 6.68. The molecule has 270 valence electrons. The van der Waals surface area contributed by atoms with Crippen LogP contribution in [0.4, 0.5) is 9.59 Å². The molecule has 3 aromatic rings. The van der Waals surface area contributed by atoms with Gasteiger partial charge in [-0.2, -0.15) is 0 Å². The van der Waals surface area contributed by atoms with Crippen molar-refractivity contribution in [1.29, 1.82) is 0 Å². The molecule has 4 atom stereocenters. The Bertz CT molecular complexity index is 1830. The molecular formula is C38H45N5O8. The van der Waals surface area contributed by atoms with Crippen LogP contribution in [0.2, 0.25) is 0 Å². The zero-order valence-electron chi connectivity index (χ0n) is 29.4. The molecular weight excluding hydrogens is 654 g/mol. The number of amides is 4. The number of carboxylic acids is 1. The number of benzene rings is 2. The second-order valence-corrected chi connectivity index (χ2v) is 14.3. The monoisotopic (exact) mass is 699 g/mol. The number of hydrazine groups is 1. The van der Waals surface area contributed by atoms with E-state index in [1.165, 1.54) is 9.91 Å². The molecule has 6 rings (SSSR count). The number of pyridine rings is 1. The van der Waals surface area contributed by atoms with Crippen LogP contribution in [0.25, 0.3) is 22.2 Å². The van der Waals surface area contributed by atoms with E-state index in [2.05, 4.69) is 10.7 Å². The van der Waals surface area contributed by atoms with Crippen molar-refractivity contribution < 1.29 is 38.5 Å². The predicted octanol–water partition coefficient (Wildman–Crippen LogP) is 5.68. The fourth-order valence-electron chi connectivity index (χ4n) is 6.68. The minimum Gasteiger partial charge on any atom is -0.497 e. The first-order chi connectivity index (χ1) is 24.4. The van der Waals surface area contributed by atoms with E-state index in [9.17, 15) is 24.3 Å². The zero-order chi connectivity index (χ0) is 36.3. The molecule has 0 spiro atoms. The minimum absolute atomic E-state index is 0.00649. The van der Waals surface area contributed by atoms with Crippen molar-refractivity contribution in [1.82, 2.24) is 25.6 Å². The highest BCUT2D eigenvalue weighted by Crippen LogP contribution is 2.45. The van der Waals surface area contributed by atoms with E-state index in [0.717, 1.165) is 24.8 Å². The molecule has 2 fully saturated rings. The van der Waals surface area contributed by atoms with E-state index in [1.54, 1.807) is 33.9 Å². The number of carboxylic acid groups (broad SMARTS) is 1. The Morgan fingerprint density at radius 1 is 1.06 bits per heavy atom. The Morgan fingerprint density at radius 3 is 2.57 bits per heavy atom. The second-order valence-electron chi connectivity index (χ2n) is 14.3. The summed E-state index contributed by atoms with van der Waals surface area (Å²) in [5, 5.41) is 14.9. The van der Waals surface area contributed by atoms with E-state index < -0.39 is 47.3 Å². The number of rotatable bonds is 6. The maximum atomic E-state index is 14.3. The average molecular weight is 700 g/mol. The number of allylic oxidation sites excluding steroid dienone is 1. The van der Waals surface area contributed by atoms with Crippen molar-refractivity contribution in [3.05, 3.63) is 66.7 Å².